The molecule has 0 radical (unpaired) electrons. The van der Waals surface area contributed by atoms with Crippen molar-refractivity contribution in [3.63, 3.8) is 0 Å². The summed E-state index contributed by atoms with van der Waals surface area (Å²) in [7, 11) is 0. The average Bonchev–Trinajstić information content (AvgIpc) is 2.47. The van der Waals surface area contributed by atoms with Gasteiger partial charge in [0.1, 0.15) is 11.6 Å². The fraction of sp³-hybridized carbons (Fsp3) is 0.600. The molecule has 0 atom stereocenters. The molecule has 0 unspecified atom stereocenters. The lowest BCUT2D eigenvalue weighted by molar-refractivity contribution is -0.117. The Kier molecular flexibility index (Phi) is 3.23. The van der Waals surface area contributed by atoms with Crippen molar-refractivity contribution in [3.05, 3.63) is 18.2 Å². The summed E-state index contributed by atoms with van der Waals surface area (Å²) in [6, 6.07) is 0. The highest BCUT2D eigenvalue weighted by Crippen LogP contribution is 2.11. The van der Waals surface area contributed by atoms with E-state index in [2.05, 4.69) is 18.8 Å². The van der Waals surface area contributed by atoms with Crippen molar-refractivity contribution >= 4 is 5.78 Å². The zero-order chi connectivity index (χ0) is 9.84. The van der Waals surface area contributed by atoms with Crippen LogP contribution in [0.2, 0.25) is 0 Å². The molecule has 0 saturated carbocycles. The van der Waals surface area contributed by atoms with E-state index in [1.54, 1.807) is 13.1 Å². The Morgan fingerprint density at radius 1 is 1.62 bits per heavy atom. The Labute approximate surface area is 78.8 Å². The number of ketones is 1. The van der Waals surface area contributed by atoms with E-state index >= 15 is 0 Å². The number of aryl methyl sites for hydroxylation is 1. The molecule has 72 valence electrons. The van der Waals surface area contributed by atoms with E-state index in [4.69, 9.17) is 0 Å². The maximum absolute atomic E-state index is 10.8. The molecule has 0 spiro atoms. The van der Waals surface area contributed by atoms with Crippen LogP contribution in [0.15, 0.2) is 12.4 Å². The first-order valence-electron chi connectivity index (χ1n) is 4.61. The molecular weight excluding hydrogens is 164 g/mol. The van der Waals surface area contributed by atoms with Gasteiger partial charge < -0.3 is 4.57 Å². The van der Waals surface area contributed by atoms with Crippen LogP contribution >= 0.6 is 0 Å². The fourth-order valence-electron chi connectivity index (χ4n) is 1.29. The van der Waals surface area contributed by atoms with Crippen molar-refractivity contribution in [1.29, 1.82) is 0 Å². The van der Waals surface area contributed by atoms with Gasteiger partial charge in [0.2, 0.25) is 0 Å². The fourth-order valence-corrected chi connectivity index (χ4v) is 1.29. The summed E-state index contributed by atoms with van der Waals surface area (Å²) in [6.07, 6.45) is 4.31. The predicted octanol–water partition coefficient (Wildman–Crippen LogP) is 1.99. The lowest BCUT2D eigenvalue weighted by Crippen LogP contribution is -2.07. The van der Waals surface area contributed by atoms with Crippen molar-refractivity contribution < 1.29 is 4.79 Å². The first-order valence-corrected chi connectivity index (χ1v) is 4.61. The Balaban J connectivity index is 2.65. The largest absolute Gasteiger partial charge is 0.334 e. The van der Waals surface area contributed by atoms with Gasteiger partial charge in [0.15, 0.2) is 0 Å². The molecule has 1 aromatic rings. The Morgan fingerprint density at radius 3 is 2.85 bits per heavy atom. The summed E-state index contributed by atoms with van der Waals surface area (Å²) in [4.78, 5) is 15.0. The molecule has 1 heterocycles. The van der Waals surface area contributed by atoms with Crippen molar-refractivity contribution in [1.82, 2.24) is 9.55 Å². The number of hydrogen-bond acceptors (Lipinski definition) is 2. The van der Waals surface area contributed by atoms with Crippen LogP contribution in [0.5, 0.6) is 0 Å². The zero-order valence-electron chi connectivity index (χ0n) is 8.45. The standard InChI is InChI=1S/C10H16N2O/c1-8(2)10-11-5-7-12(10)6-4-9(3)13/h5,7-8H,4,6H2,1-3H3. The van der Waals surface area contributed by atoms with Gasteiger partial charge in [-0.1, -0.05) is 13.8 Å². The summed E-state index contributed by atoms with van der Waals surface area (Å²) >= 11 is 0. The maximum Gasteiger partial charge on any atom is 0.131 e. The van der Waals surface area contributed by atoms with E-state index in [9.17, 15) is 4.79 Å². The lowest BCUT2D eigenvalue weighted by Gasteiger charge is -2.08. The summed E-state index contributed by atoms with van der Waals surface area (Å²) in [6.45, 7) is 6.58. The third-order valence-corrected chi connectivity index (χ3v) is 1.97. The monoisotopic (exact) mass is 180 g/mol. The molecule has 0 amide bonds. The Morgan fingerprint density at radius 2 is 2.31 bits per heavy atom. The summed E-state index contributed by atoms with van der Waals surface area (Å²) < 4.78 is 2.05. The Hall–Kier alpha value is -1.12. The van der Waals surface area contributed by atoms with Crippen molar-refractivity contribution in [2.75, 3.05) is 0 Å². The zero-order valence-corrected chi connectivity index (χ0v) is 8.45. The third kappa shape index (κ3) is 2.68. The molecule has 0 aromatic carbocycles. The van der Waals surface area contributed by atoms with Crippen LogP contribution in [-0.2, 0) is 11.3 Å². The lowest BCUT2D eigenvalue weighted by atomic mass is 10.2. The van der Waals surface area contributed by atoms with E-state index < -0.39 is 0 Å². The van der Waals surface area contributed by atoms with Crippen LogP contribution in [-0.4, -0.2) is 15.3 Å². The van der Waals surface area contributed by atoms with Gasteiger partial charge in [-0.2, -0.15) is 0 Å². The molecule has 0 aliphatic rings. The number of carbonyl (C=O) groups excluding carboxylic acids is 1. The minimum Gasteiger partial charge on any atom is -0.334 e. The first kappa shape index (κ1) is 9.96. The van der Waals surface area contributed by atoms with E-state index in [1.807, 2.05) is 10.8 Å². The summed E-state index contributed by atoms with van der Waals surface area (Å²) in [5.74, 6) is 1.70. The van der Waals surface area contributed by atoms with Crippen molar-refractivity contribution in [3.8, 4) is 0 Å². The molecule has 0 fully saturated rings. The highest BCUT2D eigenvalue weighted by atomic mass is 16.1. The molecule has 0 aliphatic heterocycles. The minimum absolute atomic E-state index is 0.225. The second kappa shape index (κ2) is 4.21. The van der Waals surface area contributed by atoms with Crippen LogP contribution in [0.1, 0.15) is 38.9 Å². The van der Waals surface area contributed by atoms with Crippen molar-refractivity contribution in [2.24, 2.45) is 0 Å². The van der Waals surface area contributed by atoms with Crippen LogP contribution in [0, 0.1) is 0 Å². The predicted molar refractivity (Wildman–Crippen MR) is 51.6 cm³/mol. The molecule has 3 nitrogen and oxygen atoms in total. The summed E-state index contributed by atoms with van der Waals surface area (Å²) in [5.41, 5.74) is 0. The van der Waals surface area contributed by atoms with Gasteiger partial charge in [-0.05, 0) is 6.92 Å². The third-order valence-electron chi connectivity index (χ3n) is 1.97. The quantitative estimate of drug-likeness (QED) is 0.710. The molecule has 1 rings (SSSR count). The molecular formula is C10H16N2O. The smallest absolute Gasteiger partial charge is 0.131 e. The summed E-state index contributed by atoms with van der Waals surface area (Å²) in [5, 5.41) is 0. The van der Waals surface area contributed by atoms with Crippen molar-refractivity contribution in [2.45, 2.75) is 39.7 Å². The van der Waals surface area contributed by atoms with Gasteiger partial charge in [0.05, 0.1) is 0 Å². The minimum atomic E-state index is 0.225. The Bertz CT molecular complexity index is 289. The number of aromatic nitrogens is 2. The normalized spacial score (nSPS) is 10.8. The number of hydrogen-bond donors (Lipinski definition) is 0. The highest BCUT2D eigenvalue weighted by Gasteiger charge is 2.06. The number of nitrogens with zero attached hydrogens (tertiary/aromatic N) is 2. The van der Waals surface area contributed by atoms with Gasteiger partial charge in [0, 0.05) is 31.3 Å². The number of Topliss-reactive ketones (excluding diaryl/α,β-unsaturated/α-hetero) is 1. The number of rotatable bonds is 4. The van der Waals surface area contributed by atoms with Gasteiger partial charge >= 0.3 is 0 Å². The second-order valence-electron chi connectivity index (χ2n) is 3.59. The molecule has 1 aromatic heterocycles. The van der Waals surface area contributed by atoms with Gasteiger partial charge in [-0.3, -0.25) is 4.79 Å². The van der Waals surface area contributed by atoms with Crippen LogP contribution < -0.4 is 0 Å². The van der Waals surface area contributed by atoms with E-state index in [0.717, 1.165) is 12.4 Å². The van der Waals surface area contributed by atoms with Crippen LogP contribution in [0.3, 0.4) is 0 Å². The van der Waals surface area contributed by atoms with E-state index in [0.29, 0.717) is 12.3 Å². The molecule has 0 N–H and O–H groups in total. The first-order chi connectivity index (χ1) is 6.11. The molecule has 0 saturated heterocycles. The highest BCUT2D eigenvalue weighted by molar-refractivity contribution is 5.75. The van der Waals surface area contributed by atoms with E-state index in [-0.39, 0.29) is 5.78 Å². The topological polar surface area (TPSA) is 34.9 Å². The molecule has 3 heteroatoms. The molecule has 0 bridgehead atoms. The van der Waals surface area contributed by atoms with Crippen LogP contribution in [0.25, 0.3) is 0 Å². The number of carbonyl (C=O) groups is 1. The molecule has 13 heavy (non-hydrogen) atoms. The number of imidazole rings is 1. The van der Waals surface area contributed by atoms with Gasteiger partial charge in [-0.25, -0.2) is 4.98 Å². The van der Waals surface area contributed by atoms with Gasteiger partial charge in [0.25, 0.3) is 0 Å². The van der Waals surface area contributed by atoms with E-state index in [1.165, 1.54) is 0 Å². The van der Waals surface area contributed by atoms with Gasteiger partial charge in [-0.15, -0.1) is 0 Å². The second-order valence-corrected chi connectivity index (χ2v) is 3.59. The SMILES string of the molecule is CC(=O)CCn1ccnc1C(C)C. The average molecular weight is 180 g/mol. The molecule has 0 aliphatic carbocycles. The maximum atomic E-state index is 10.8. The van der Waals surface area contributed by atoms with Crippen LogP contribution in [0.4, 0.5) is 0 Å².